The van der Waals surface area contributed by atoms with E-state index in [0.29, 0.717) is 17.1 Å². The van der Waals surface area contributed by atoms with E-state index in [1.54, 1.807) is 80.3 Å². The summed E-state index contributed by atoms with van der Waals surface area (Å²) in [5.74, 6) is -1.27. The van der Waals surface area contributed by atoms with E-state index in [1.807, 2.05) is 24.3 Å². The summed E-state index contributed by atoms with van der Waals surface area (Å²) in [6.07, 6.45) is 4.75. The minimum atomic E-state index is -1.81. The number of aromatic nitrogens is 3. The number of ketones is 1. The van der Waals surface area contributed by atoms with Crippen molar-refractivity contribution in [2.45, 2.75) is 30.0 Å². The molecule has 1 saturated carbocycles. The van der Waals surface area contributed by atoms with E-state index >= 15 is 0 Å². The number of nitrogens with zero attached hydrogens (tertiary/aromatic N) is 3. The molecule has 0 saturated heterocycles. The molecule has 0 radical (unpaired) electrons. The van der Waals surface area contributed by atoms with Crippen molar-refractivity contribution in [3.8, 4) is 5.75 Å². The summed E-state index contributed by atoms with van der Waals surface area (Å²) in [6.45, 7) is 0. The molecule has 0 unspecified atom stereocenters. The van der Waals surface area contributed by atoms with Crippen LogP contribution in [-0.2, 0) is 11.2 Å². The van der Waals surface area contributed by atoms with Gasteiger partial charge in [0.05, 0.1) is 24.4 Å². The van der Waals surface area contributed by atoms with Crippen LogP contribution in [0.5, 0.6) is 5.75 Å². The van der Waals surface area contributed by atoms with Crippen LogP contribution in [0.3, 0.4) is 0 Å². The first-order chi connectivity index (χ1) is 17.4. The molecule has 4 aromatic rings. The molecule has 7 nitrogen and oxygen atoms in total. The SMILES string of the molecule is COc1cccc([C@H]2C[C@@](O)(c3ccccn3)C[C@@](O)(c3ccccn3)[C@@H]2C(=O)c2ccccn2)c1. The van der Waals surface area contributed by atoms with E-state index in [0.717, 1.165) is 5.56 Å². The maximum Gasteiger partial charge on any atom is 0.188 e. The van der Waals surface area contributed by atoms with Crippen molar-refractivity contribution >= 4 is 5.78 Å². The van der Waals surface area contributed by atoms with Crippen molar-refractivity contribution in [1.29, 1.82) is 0 Å². The highest BCUT2D eigenvalue weighted by Crippen LogP contribution is 2.56. The summed E-state index contributed by atoms with van der Waals surface area (Å²) < 4.78 is 5.45. The number of methoxy groups -OCH3 is 1. The third-order valence-corrected chi connectivity index (χ3v) is 7.01. The lowest BCUT2D eigenvalue weighted by atomic mass is 9.58. The Hall–Kier alpha value is -3.94. The van der Waals surface area contributed by atoms with Crippen molar-refractivity contribution in [2.75, 3.05) is 7.11 Å². The molecule has 4 atom stereocenters. The van der Waals surface area contributed by atoms with Gasteiger partial charge in [0.15, 0.2) is 5.78 Å². The zero-order chi connectivity index (χ0) is 25.2. The summed E-state index contributed by atoms with van der Waals surface area (Å²) in [4.78, 5) is 27.2. The molecule has 0 bridgehead atoms. The van der Waals surface area contributed by atoms with Crippen LogP contribution in [0.2, 0.25) is 0 Å². The monoisotopic (exact) mass is 481 g/mol. The summed E-state index contributed by atoms with van der Waals surface area (Å²) >= 11 is 0. The molecule has 1 aromatic carbocycles. The van der Waals surface area contributed by atoms with Gasteiger partial charge in [0.1, 0.15) is 22.6 Å². The van der Waals surface area contributed by atoms with E-state index < -0.39 is 23.0 Å². The first-order valence-corrected chi connectivity index (χ1v) is 11.8. The van der Waals surface area contributed by atoms with Crippen LogP contribution in [0, 0.1) is 5.92 Å². The third kappa shape index (κ3) is 4.27. The van der Waals surface area contributed by atoms with Gasteiger partial charge in [0.25, 0.3) is 0 Å². The predicted octanol–water partition coefficient (Wildman–Crippen LogP) is 4.03. The first kappa shape index (κ1) is 23.8. The van der Waals surface area contributed by atoms with Crippen LogP contribution < -0.4 is 4.74 Å². The molecule has 3 aromatic heterocycles. The fourth-order valence-corrected chi connectivity index (χ4v) is 5.39. The van der Waals surface area contributed by atoms with Crippen molar-refractivity contribution in [3.05, 3.63) is 120 Å². The molecule has 0 spiro atoms. The fourth-order valence-electron chi connectivity index (χ4n) is 5.39. The average Bonchev–Trinajstić information content (AvgIpc) is 2.94. The number of aliphatic hydroxyl groups is 2. The van der Waals surface area contributed by atoms with Crippen LogP contribution in [-0.4, -0.2) is 38.1 Å². The standard InChI is InChI=1S/C29H27N3O4/c1-36-21-10-8-9-20(17-21)22-18-28(34,24-12-3-6-15-31-24)19-29(35,25-13-4-7-16-32-25)26(22)27(33)23-11-2-5-14-30-23/h2-17,22,26,34-35H,18-19H2,1H3/t22-,26+,28+,29-/m1/s1. The van der Waals surface area contributed by atoms with Crippen LogP contribution >= 0.6 is 0 Å². The Labute approximate surface area is 209 Å². The number of carbonyl (C=O) groups excluding carboxylic acids is 1. The Morgan fingerprint density at radius 2 is 1.53 bits per heavy atom. The molecule has 1 aliphatic carbocycles. The molecule has 5 rings (SSSR count). The number of hydrogen-bond acceptors (Lipinski definition) is 7. The quantitative estimate of drug-likeness (QED) is 0.401. The molecular weight excluding hydrogens is 454 g/mol. The lowest BCUT2D eigenvalue weighted by molar-refractivity contribution is -0.143. The van der Waals surface area contributed by atoms with Gasteiger partial charge in [-0.15, -0.1) is 0 Å². The number of pyridine rings is 3. The molecule has 0 amide bonds. The third-order valence-electron chi connectivity index (χ3n) is 7.01. The molecule has 1 fully saturated rings. The molecule has 1 aliphatic rings. The van der Waals surface area contributed by atoms with E-state index in [2.05, 4.69) is 15.0 Å². The summed E-state index contributed by atoms with van der Waals surface area (Å²) in [5.41, 5.74) is -1.60. The zero-order valence-electron chi connectivity index (χ0n) is 19.9. The molecule has 182 valence electrons. The smallest absolute Gasteiger partial charge is 0.188 e. The van der Waals surface area contributed by atoms with E-state index in [4.69, 9.17) is 4.74 Å². The van der Waals surface area contributed by atoms with Gasteiger partial charge in [-0.25, -0.2) is 0 Å². The van der Waals surface area contributed by atoms with Gasteiger partial charge in [-0.05, 0) is 60.5 Å². The number of ether oxygens (including phenoxy) is 1. The fraction of sp³-hybridized carbons (Fsp3) is 0.241. The second-order valence-corrected chi connectivity index (χ2v) is 9.21. The lowest BCUT2D eigenvalue weighted by Crippen LogP contribution is -2.54. The normalized spacial score (nSPS) is 25.8. The first-order valence-electron chi connectivity index (χ1n) is 11.8. The topological polar surface area (TPSA) is 105 Å². The highest BCUT2D eigenvalue weighted by molar-refractivity contribution is 5.97. The van der Waals surface area contributed by atoms with Gasteiger partial charge in [-0.1, -0.05) is 30.3 Å². The average molecular weight is 482 g/mol. The van der Waals surface area contributed by atoms with Crippen molar-refractivity contribution in [1.82, 2.24) is 15.0 Å². The molecular formula is C29H27N3O4. The van der Waals surface area contributed by atoms with Crippen LogP contribution in [0.1, 0.15) is 46.2 Å². The molecule has 36 heavy (non-hydrogen) atoms. The van der Waals surface area contributed by atoms with Gasteiger partial charge in [0.2, 0.25) is 0 Å². The molecule has 7 heteroatoms. The van der Waals surface area contributed by atoms with E-state index in [9.17, 15) is 15.0 Å². The Kier molecular flexibility index (Phi) is 6.35. The van der Waals surface area contributed by atoms with Crippen LogP contribution in [0.25, 0.3) is 0 Å². The number of carbonyl (C=O) groups is 1. The van der Waals surface area contributed by atoms with Crippen molar-refractivity contribution in [3.63, 3.8) is 0 Å². The molecule has 3 heterocycles. The Balaban J connectivity index is 1.74. The van der Waals surface area contributed by atoms with Gasteiger partial charge in [0, 0.05) is 30.9 Å². The largest absolute Gasteiger partial charge is 0.497 e. The highest BCUT2D eigenvalue weighted by Gasteiger charge is 2.59. The van der Waals surface area contributed by atoms with Crippen molar-refractivity contribution in [2.24, 2.45) is 5.92 Å². The van der Waals surface area contributed by atoms with Gasteiger partial charge in [-0.2, -0.15) is 0 Å². The lowest BCUT2D eigenvalue weighted by Gasteiger charge is -2.50. The highest BCUT2D eigenvalue weighted by atomic mass is 16.5. The predicted molar refractivity (Wildman–Crippen MR) is 133 cm³/mol. The Morgan fingerprint density at radius 3 is 2.14 bits per heavy atom. The van der Waals surface area contributed by atoms with Crippen LogP contribution in [0.4, 0.5) is 0 Å². The second-order valence-electron chi connectivity index (χ2n) is 9.21. The number of benzene rings is 1. The van der Waals surface area contributed by atoms with Gasteiger partial charge in [-0.3, -0.25) is 19.7 Å². The number of hydrogen-bond donors (Lipinski definition) is 2. The maximum absolute atomic E-state index is 14.1. The van der Waals surface area contributed by atoms with Crippen molar-refractivity contribution < 1.29 is 19.7 Å². The molecule has 0 aliphatic heterocycles. The summed E-state index contributed by atoms with van der Waals surface area (Å²) in [6, 6.07) is 23.0. The second kappa shape index (κ2) is 9.60. The van der Waals surface area contributed by atoms with E-state index in [1.165, 1.54) is 0 Å². The van der Waals surface area contributed by atoms with Gasteiger partial charge >= 0.3 is 0 Å². The number of rotatable bonds is 6. The van der Waals surface area contributed by atoms with Gasteiger partial charge < -0.3 is 14.9 Å². The summed E-state index contributed by atoms with van der Waals surface area (Å²) in [5, 5.41) is 24.5. The minimum Gasteiger partial charge on any atom is -0.497 e. The Morgan fingerprint density at radius 1 is 0.861 bits per heavy atom. The minimum absolute atomic E-state index is 0.155. The van der Waals surface area contributed by atoms with Crippen LogP contribution in [0.15, 0.2) is 97.5 Å². The molecule has 2 N–H and O–H groups in total. The zero-order valence-corrected chi connectivity index (χ0v) is 19.9. The van der Waals surface area contributed by atoms with E-state index in [-0.39, 0.29) is 24.3 Å². The summed E-state index contributed by atoms with van der Waals surface area (Å²) in [7, 11) is 1.57. The Bertz CT molecular complexity index is 1340. The maximum atomic E-state index is 14.1. The number of Topliss-reactive ketones (excluding diaryl/α,β-unsaturated/α-hetero) is 1.